The molecule has 5 aliphatic rings. The van der Waals surface area contributed by atoms with E-state index in [0.717, 1.165) is 76.4 Å². The van der Waals surface area contributed by atoms with Crippen molar-refractivity contribution in [2.45, 2.75) is 102 Å². The van der Waals surface area contributed by atoms with Crippen molar-refractivity contribution in [3.63, 3.8) is 0 Å². The van der Waals surface area contributed by atoms with Gasteiger partial charge in [-0.15, -0.1) is 0 Å². The molecule has 4 aliphatic carbocycles. The summed E-state index contributed by atoms with van der Waals surface area (Å²) in [7, 11) is 0. The van der Waals surface area contributed by atoms with E-state index in [9.17, 15) is 14.7 Å². The SMILES string of the molecule is C[C@]12CC[C@H](NC(=O)CN3CCCC3)C[C@H]1CC[C@@H]1[C@@H]2CC[C@]2(C)[C@@H](c3ccc(=O)oc3)CC[C@]12O. The summed E-state index contributed by atoms with van der Waals surface area (Å²) < 4.78 is 5.23. The Bertz CT molecular complexity index is 1030. The Labute approximate surface area is 215 Å². The van der Waals surface area contributed by atoms with Crippen LogP contribution in [0.1, 0.15) is 96.0 Å². The van der Waals surface area contributed by atoms with E-state index in [1.807, 2.05) is 6.07 Å². The molecule has 5 fully saturated rings. The summed E-state index contributed by atoms with van der Waals surface area (Å²) >= 11 is 0. The molecule has 4 saturated carbocycles. The van der Waals surface area contributed by atoms with Gasteiger partial charge in [0.1, 0.15) is 0 Å². The lowest BCUT2D eigenvalue weighted by Gasteiger charge is -2.63. The van der Waals surface area contributed by atoms with Crippen LogP contribution in [0.25, 0.3) is 0 Å². The Balaban J connectivity index is 1.16. The lowest BCUT2D eigenvalue weighted by Crippen LogP contribution is -2.62. The van der Waals surface area contributed by atoms with Gasteiger partial charge in [0, 0.05) is 17.5 Å². The number of likely N-dealkylation sites (tertiary alicyclic amines) is 1. The molecule has 1 aromatic heterocycles. The highest BCUT2D eigenvalue weighted by Crippen LogP contribution is 2.70. The van der Waals surface area contributed by atoms with Gasteiger partial charge in [-0.3, -0.25) is 9.69 Å². The summed E-state index contributed by atoms with van der Waals surface area (Å²) in [4.78, 5) is 26.5. The summed E-state index contributed by atoms with van der Waals surface area (Å²) in [6, 6.07) is 3.74. The van der Waals surface area contributed by atoms with Gasteiger partial charge in [0.25, 0.3) is 0 Å². The predicted octanol–water partition coefficient (Wildman–Crippen LogP) is 4.46. The minimum absolute atomic E-state index is 0.183. The summed E-state index contributed by atoms with van der Waals surface area (Å²) in [6.45, 7) is 7.47. The van der Waals surface area contributed by atoms with Crippen LogP contribution >= 0.6 is 0 Å². The molecular weight excluding hydrogens is 452 g/mol. The van der Waals surface area contributed by atoms with Crippen molar-refractivity contribution >= 4 is 5.91 Å². The largest absolute Gasteiger partial charge is 0.431 e. The van der Waals surface area contributed by atoms with Gasteiger partial charge < -0.3 is 14.8 Å². The highest BCUT2D eigenvalue weighted by molar-refractivity contribution is 5.78. The van der Waals surface area contributed by atoms with Gasteiger partial charge in [-0.1, -0.05) is 13.8 Å². The molecule has 0 radical (unpaired) electrons. The average Bonchev–Trinajstić information content (AvgIpc) is 3.45. The number of hydrogen-bond donors (Lipinski definition) is 2. The lowest BCUT2D eigenvalue weighted by molar-refractivity contribution is -0.202. The third-order valence-electron chi connectivity index (χ3n) is 11.9. The second-order valence-electron chi connectivity index (χ2n) is 13.4. The third kappa shape index (κ3) is 3.81. The molecule has 8 atom stereocenters. The van der Waals surface area contributed by atoms with Crippen molar-refractivity contribution in [3.8, 4) is 0 Å². The smallest absolute Gasteiger partial charge is 0.335 e. The van der Waals surface area contributed by atoms with Gasteiger partial charge in [0.15, 0.2) is 0 Å². The van der Waals surface area contributed by atoms with Crippen LogP contribution in [0.2, 0.25) is 0 Å². The maximum Gasteiger partial charge on any atom is 0.335 e. The summed E-state index contributed by atoms with van der Waals surface area (Å²) in [5, 5.41) is 15.8. The predicted molar refractivity (Wildman–Crippen MR) is 139 cm³/mol. The standard InChI is InChI=1S/C30H44N2O4/c1-28-12-9-22(31-26(33)18-32-15-3-4-16-32)17-21(28)6-7-25-24(28)10-13-29(2)23(11-14-30(25,29)35)20-5-8-27(34)36-19-20/h5,8,19,21-25,35H,3-4,6-7,9-18H2,1-2H3,(H,31,33)/t21-,22+,23-,24+,25-,28+,29-,30+/m1/s1. The molecular formula is C30H44N2O4. The van der Waals surface area contributed by atoms with Gasteiger partial charge in [-0.25, -0.2) is 4.79 Å². The lowest BCUT2D eigenvalue weighted by atomic mass is 9.43. The van der Waals surface area contributed by atoms with Gasteiger partial charge in [-0.2, -0.15) is 0 Å². The minimum Gasteiger partial charge on any atom is -0.431 e. The maximum absolute atomic E-state index is 12.7. The van der Waals surface area contributed by atoms with E-state index in [1.165, 1.54) is 18.9 Å². The number of nitrogens with zero attached hydrogens (tertiary/aromatic N) is 1. The number of carbonyl (C=O) groups is 1. The Morgan fingerprint density at radius 3 is 2.61 bits per heavy atom. The topological polar surface area (TPSA) is 82.8 Å². The quantitative estimate of drug-likeness (QED) is 0.643. The number of hydrogen-bond acceptors (Lipinski definition) is 5. The van der Waals surface area contributed by atoms with Crippen LogP contribution in [0.5, 0.6) is 0 Å². The van der Waals surface area contributed by atoms with E-state index in [4.69, 9.17) is 4.42 Å². The summed E-state index contributed by atoms with van der Waals surface area (Å²) in [5.74, 6) is 1.94. The molecule has 6 nitrogen and oxygen atoms in total. The first-order chi connectivity index (χ1) is 17.2. The fraction of sp³-hybridized carbons (Fsp3) is 0.800. The molecule has 1 aromatic rings. The molecule has 6 rings (SSSR count). The molecule has 2 heterocycles. The van der Waals surface area contributed by atoms with Crippen molar-refractivity contribution in [2.24, 2.45) is 28.6 Å². The van der Waals surface area contributed by atoms with Crippen molar-refractivity contribution in [1.29, 1.82) is 0 Å². The minimum atomic E-state index is -0.661. The van der Waals surface area contributed by atoms with Crippen LogP contribution in [0.3, 0.4) is 0 Å². The van der Waals surface area contributed by atoms with Crippen LogP contribution in [0, 0.1) is 28.6 Å². The van der Waals surface area contributed by atoms with Gasteiger partial charge >= 0.3 is 5.63 Å². The van der Waals surface area contributed by atoms with Gasteiger partial charge in [0.2, 0.25) is 5.91 Å². The fourth-order valence-corrected chi connectivity index (χ4v) is 9.87. The second kappa shape index (κ2) is 8.97. The van der Waals surface area contributed by atoms with E-state index in [0.29, 0.717) is 30.3 Å². The van der Waals surface area contributed by atoms with Crippen molar-refractivity contribution in [1.82, 2.24) is 10.2 Å². The molecule has 2 N–H and O–H groups in total. The fourth-order valence-electron chi connectivity index (χ4n) is 9.87. The third-order valence-corrected chi connectivity index (χ3v) is 11.9. The first kappa shape index (κ1) is 24.7. The molecule has 0 spiro atoms. The molecule has 1 aliphatic heterocycles. The van der Waals surface area contributed by atoms with Crippen molar-refractivity contribution in [2.75, 3.05) is 19.6 Å². The first-order valence-corrected chi connectivity index (χ1v) is 14.6. The molecule has 0 unspecified atom stereocenters. The number of amides is 1. The van der Waals surface area contributed by atoms with E-state index >= 15 is 0 Å². The summed E-state index contributed by atoms with van der Waals surface area (Å²) in [6.07, 6.45) is 13.6. The molecule has 0 aromatic carbocycles. The van der Waals surface area contributed by atoms with Crippen LogP contribution < -0.4 is 10.9 Å². The highest BCUT2D eigenvalue weighted by Gasteiger charge is 2.67. The van der Waals surface area contributed by atoms with E-state index in [1.54, 1.807) is 6.26 Å². The van der Waals surface area contributed by atoms with E-state index in [-0.39, 0.29) is 28.3 Å². The molecule has 0 bridgehead atoms. The van der Waals surface area contributed by atoms with Crippen molar-refractivity contribution < 1.29 is 14.3 Å². The number of rotatable bonds is 4. The van der Waals surface area contributed by atoms with E-state index < -0.39 is 5.60 Å². The summed E-state index contributed by atoms with van der Waals surface area (Å²) in [5.41, 5.74) is 0.156. The second-order valence-corrected chi connectivity index (χ2v) is 13.4. The van der Waals surface area contributed by atoms with Gasteiger partial charge in [0.05, 0.1) is 18.4 Å². The van der Waals surface area contributed by atoms with Crippen LogP contribution in [-0.4, -0.2) is 47.2 Å². The average molecular weight is 497 g/mol. The molecule has 6 heteroatoms. The molecule has 198 valence electrons. The number of fused-ring (bicyclic) bond motifs is 5. The normalized spacial score (nSPS) is 44.5. The van der Waals surface area contributed by atoms with E-state index in [2.05, 4.69) is 24.1 Å². The van der Waals surface area contributed by atoms with Crippen molar-refractivity contribution in [3.05, 3.63) is 34.4 Å². The Morgan fingerprint density at radius 1 is 1.06 bits per heavy atom. The number of aliphatic hydroxyl groups is 1. The van der Waals surface area contributed by atoms with Gasteiger partial charge in [-0.05, 0) is 124 Å². The van der Waals surface area contributed by atoms with Crippen LogP contribution in [-0.2, 0) is 4.79 Å². The maximum atomic E-state index is 12.7. The Hall–Kier alpha value is -1.66. The Kier molecular flexibility index (Phi) is 6.15. The number of nitrogens with one attached hydrogen (secondary N) is 1. The Morgan fingerprint density at radius 2 is 1.86 bits per heavy atom. The zero-order valence-corrected chi connectivity index (χ0v) is 22.1. The van der Waals surface area contributed by atoms with Crippen LogP contribution in [0.4, 0.5) is 0 Å². The first-order valence-electron chi connectivity index (χ1n) is 14.6. The molecule has 1 saturated heterocycles. The highest BCUT2D eigenvalue weighted by atomic mass is 16.4. The molecule has 1 amide bonds. The zero-order chi connectivity index (χ0) is 25.1. The number of carbonyl (C=O) groups excluding carboxylic acids is 1. The van der Waals surface area contributed by atoms with Crippen LogP contribution in [0.15, 0.2) is 27.6 Å². The monoisotopic (exact) mass is 496 g/mol. The molecule has 36 heavy (non-hydrogen) atoms. The zero-order valence-electron chi connectivity index (χ0n) is 22.1.